The number of alkyl halides is 2. The van der Waals surface area contributed by atoms with Gasteiger partial charge in [-0.05, 0) is 17.7 Å². The average molecular weight is 235 g/mol. The first-order chi connectivity index (χ1) is 6.68. The van der Waals surface area contributed by atoms with Crippen LogP contribution in [-0.4, -0.2) is 16.7 Å². The van der Waals surface area contributed by atoms with Crippen LogP contribution in [0.3, 0.4) is 0 Å². The van der Waals surface area contributed by atoms with Crippen molar-refractivity contribution in [3.63, 3.8) is 0 Å². The Hall–Kier alpha value is -0.640. The zero-order chi connectivity index (χ0) is 10.1. The number of halogens is 2. The summed E-state index contributed by atoms with van der Waals surface area (Å²) in [4.78, 5) is -0.852. The van der Waals surface area contributed by atoms with Crippen molar-refractivity contribution in [1.82, 2.24) is 0 Å². The maximum absolute atomic E-state index is 9.57. The molecule has 1 heterocycles. The Morgan fingerprint density at radius 3 is 2.64 bits per heavy atom. The summed E-state index contributed by atoms with van der Waals surface area (Å²) in [6.07, 6.45) is -0.909. The molecule has 0 amide bonds. The summed E-state index contributed by atoms with van der Waals surface area (Å²) in [5.41, 5.74) is 0.615. The van der Waals surface area contributed by atoms with Crippen LogP contribution in [0.25, 0.3) is 0 Å². The molecule has 1 aliphatic heterocycles. The molecule has 0 fully saturated rings. The second kappa shape index (κ2) is 3.85. The summed E-state index contributed by atoms with van der Waals surface area (Å²) < 4.78 is 10.3. The normalized spacial score (nSPS) is 16.0. The first-order valence-electron chi connectivity index (χ1n) is 4.04. The molecule has 0 saturated heterocycles. The van der Waals surface area contributed by atoms with E-state index < -0.39 is 10.9 Å². The van der Waals surface area contributed by atoms with E-state index in [2.05, 4.69) is 0 Å². The van der Waals surface area contributed by atoms with Crippen molar-refractivity contribution in [3.8, 4) is 11.5 Å². The molecule has 1 aromatic rings. The van der Waals surface area contributed by atoms with Crippen LogP contribution >= 0.6 is 23.2 Å². The third kappa shape index (κ3) is 1.75. The first-order valence-corrected chi connectivity index (χ1v) is 4.91. The minimum Gasteiger partial charge on any atom is -0.454 e. The molecule has 1 N–H and O–H groups in total. The van der Waals surface area contributed by atoms with Gasteiger partial charge in [-0.3, -0.25) is 0 Å². The number of aliphatic hydroxyl groups excluding tert-OH is 1. The average Bonchev–Trinajstić information content (AvgIpc) is 2.62. The molecule has 0 radical (unpaired) electrons. The Morgan fingerprint density at radius 2 is 1.93 bits per heavy atom. The van der Waals surface area contributed by atoms with Gasteiger partial charge < -0.3 is 14.6 Å². The second-order valence-electron chi connectivity index (χ2n) is 2.89. The van der Waals surface area contributed by atoms with E-state index in [-0.39, 0.29) is 6.79 Å². The summed E-state index contributed by atoms with van der Waals surface area (Å²) in [7, 11) is 0. The quantitative estimate of drug-likeness (QED) is 0.799. The largest absolute Gasteiger partial charge is 0.454 e. The van der Waals surface area contributed by atoms with Crippen LogP contribution in [0.2, 0.25) is 0 Å². The van der Waals surface area contributed by atoms with Crippen molar-refractivity contribution < 1.29 is 14.6 Å². The standard InChI is InChI=1S/C9H8Cl2O3/c10-9(11)8(12)5-1-2-6-7(3-5)14-4-13-6/h1-3,8-9,12H,4H2/t8-/m1/s1. The SMILES string of the molecule is O[C@H](c1ccc2c(c1)OCO2)C(Cl)Cl. The van der Waals surface area contributed by atoms with E-state index >= 15 is 0 Å². The van der Waals surface area contributed by atoms with Crippen molar-refractivity contribution in [3.05, 3.63) is 23.8 Å². The fraction of sp³-hybridized carbons (Fsp3) is 0.333. The lowest BCUT2D eigenvalue weighted by Crippen LogP contribution is -2.05. The molecule has 0 aromatic heterocycles. The lowest BCUT2D eigenvalue weighted by Gasteiger charge is -2.11. The molecule has 0 bridgehead atoms. The van der Waals surface area contributed by atoms with Gasteiger partial charge in [-0.15, -0.1) is 23.2 Å². The minimum absolute atomic E-state index is 0.208. The Kier molecular flexibility index (Phi) is 2.72. The maximum Gasteiger partial charge on any atom is 0.231 e. The van der Waals surface area contributed by atoms with Gasteiger partial charge in [0.05, 0.1) is 0 Å². The third-order valence-electron chi connectivity index (χ3n) is 1.98. The second-order valence-corrected chi connectivity index (χ2v) is 4.06. The fourth-order valence-corrected chi connectivity index (χ4v) is 1.53. The third-order valence-corrected chi connectivity index (χ3v) is 2.45. The highest BCUT2D eigenvalue weighted by atomic mass is 35.5. The molecule has 2 rings (SSSR count). The van der Waals surface area contributed by atoms with Gasteiger partial charge in [0.2, 0.25) is 6.79 Å². The zero-order valence-corrected chi connectivity index (χ0v) is 8.63. The molecule has 14 heavy (non-hydrogen) atoms. The number of hydrogen-bond donors (Lipinski definition) is 1. The van der Waals surface area contributed by atoms with Crippen LogP contribution in [0.4, 0.5) is 0 Å². The van der Waals surface area contributed by atoms with E-state index in [1.165, 1.54) is 0 Å². The van der Waals surface area contributed by atoms with Crippen LogP contribution in [0.15, 0.2) is 18.2 Å². The van der Waals surface area contributed by atoms with Gasteiger partial charge in [0.15, 0.2) is 11.5 Å². The maximum atomic E-state index is 9.57. The summed E-state index contributed by atoms with van der Waals surface area (Å²) >= 11 is 11.1. The zero-order valence-electron chi connectivity index (χ0n) is 7.11. The van der Waals surface area contributed by atoms with E-state index in [0.29, 0.717) is 17.1 Å². The van der Waals surface area contributed by atoms with E-state index in [1.807, 2.05) is 0 Å². The van der Waals surface area contributed by atoms with Crippen LogP contribution in [0.1, 0.15) is 11.7 Å². The highest BCUT2D eigenvalue weighted by Gasteiger charge is 2.20. The Bertz CT molecular complexity index is 341. The van der Waals surface area contributed by atoms with Crippen molar-refractivity contribution in [2.75, 3.05) is 6.79 Å². The molecule has 5 heteroatoms. The van der Waals surface area contributed by atoms with Crippen LogP contribution in [0.5, 0.6) is 11.5 Å². The van der Waals surface area contributed by atoms with Crippen molar-refractivity contribution >= 4 is 23.2 Å². The monoisotopic (exact) mass is 234 g/mol. The molecule has 0 spiro atoms. The summed E-state index contributed by atoms with van der Waals surface area (Å²) in [6, 6.07) is 5.09. The Labute approximate surface area is 91.1 Å². The van der Waals surface area contributed by atoms with E-state index in [1.54, 1.807) is 18.2 Å². The molecular formula is C9H8Cl2O3. The van der Waals surface area contributed by atoms with Gasteiger partial charge >= 0.3 is 0 Å². The van der Waals surface area contributed by atoms with Gasteiger partial charge in [-0.1, -0.05) is 6.07 Å². The van der Waals surface area contributed by atoms with Gasteiger partial charge in [0.1, 0.15) is 10.9 Å². The molecular weight excluding hydrogens is 227 g/mol. The minimum atomic E-state index is -0.909. The molecule has 3 nitrogen and oxygen atoms in total. The van der Waals surface area contributed by atoms with Crippen molar-refractivity contribution in [2.45, 2.75) is 10.9 Å². The molecule has 0 saturated carbocycles. The van der Waals surface area contributed by atoms with E-state index in [9.17, 15) is 5.11 Å². The van der Waals surface area contributed by atoms with Crippen molar-refractivity contribution in [2.24, 2.45) is 0 Å². The van der Waals surface area contributed by atoms with E-state index in [4.69, 9.17) is 32.7 Å². The van der Waals surface area contributed by atoms with Crippen LogP contribution in [-0.2, 0) is 0 Å². The van der Waals surface area contributed by atoms with Gasteiger partial charge in [-0.2, -0.15) is 0 Å². The summed E-state index contributed by atoms with van der Waals surface area (Å²) in [5.74, 6) is 1.28. The smallest absolute Gasteiger partial charge is 0.231 e. The number of ether oxygens (including phenoxy) is 2. The number of hydrogen-bond acceptors (Lipinski definition) is 3. The molecule has 0 aliphatic carbocycles. The number of rotatable bonds is 2. The Morgan fingerprint density at radius 1 is 1.21 bits per heavy atom. The van der Waals surface area contributed by atoms with E-state index in [0.717, 1.165) is 0 Å². The summed E-state index contributed by atoms with van der Waals surface area (Å²) in [5, 5.41) is 9.57. The summed E-state index contributed by atoms with van der Waals surface area (Å²) in [6.45, 7) is 0.208. The van der Waals surface area contributed by atoms with Crippen LogP contribution < -0.4 is 9.47 Å². The number of fused-ring (bicyclic) bond motifs is 1. The molecule has 76 valence electrons. The fourth-order valence-electron chi connectivity index (χ4n) is 1.24. The highest BCUT2D eigenvalue weighted by molar-refractivity contribution is 6.44. The predicted molar refractivity (Wildman–Crippen MR) is 53.0 cm³/mol. The molecule has 1 aliphatic rings. The lowest BCUT2D eigenvalue weighted by atomic mass is 10.1. The molecule has 1 aromatic carbocycles. The topological polar surface area (TPSA) is 38.7 Å². The van der Waals surface area contributed by atoms with Crippen LogP contribution in [0, 0.1) is 0 Å². The first kappa shape index (κ1) is 9.90. The highest BCUT2D eigenvalue weighted by Crippen LogP contribution is 2.35. The predicted octanol–water partition coefficient (Wildman–Crippen LogP) is 2.25. The number of aliphatic hydroxyl groups is 1. The van der Waals surface area contributed by atoms with Gasteiger partial charge in [0.25, 0.3) is 0 Å². The molecule has 0 unspecified atom stereocenters. The molecule has 1 atom stereocenters. The Balaban J connectivity index is 2.28. The lowest BCUT2D eigenvalue weighted by molar-refractivity contribution is 0.173. The number of benzene rings is 1. The van der Waals surface area contributed by atoms with Gasteiger partial charge in [0, 0.05) is 0 Å². The van der Waals surface area contributed by atoms with Crippen molar-refractivity contribution in [1.29, 1.82) is 0 Å². The van der Waals surface area contributed by atoms with Gasteiger partial charge in [-0.25, -0.2) is 0 Å².